The third-order valence-corrected chi connectivity index (χ3v) is 7.30. The van der Waals surface area contributed by atoms with E-state index >= 15 is 0 Å². The number of amides is 1. The van der Waals surface area contributed by atoms with Gasteiger partial charge in [-0.1, -0.05) is 75.4 Å². The fraction of sp³-hybridized carbons (Fsp3) is 0.516. The van der Waals surface area contributed by atoms with E-state index in [-0.39, 0.29) is 54.3 Å². The molecule has 0 bridgehead atoms. The Morgan fingerprint density at radius 1 is 1.11 bits per heavy atom. The van der Waals surface area contributed by atoms with E-state index in [2.05, 4.69) is 43.4 Å². The summed E-state index contributed by atoms with van der Waals surface area (Å²) in [5.41, 5.74) is 1.15. The molecule has 0 aliphatic heterocycles. The van der Waals surface area contributed by atoms with Crippen molar-refractivity contribution in [2.45, 2.75) is 71.8 Å². The predicted molar refractivity (Wildman–Crippen MR) is 145 cm³/mol. The van der Waals surface area contributed by atoms with Crippen molar-refractivity contribution >= 4 is 28.2 Å². The van der Waals surface area contributed by atoms with Crippen molar-refractivity contribution in [1.29, 1.82) is 0 Å². The number of aliphatic hydroxyl groups excluding tert-OH is 1. The van der Waals surface area contributed by atoms with Crippen LogP contribution in [0.4, 0.5) is 0 Å². The van der Waals surface area contributed by atoms with Crippen LogP contribution in [0.5, 0.6) is 0 Å². The Labute approximate surface area is 215 Å². The standard InChI is InChI=1S/C31H41NO4/c1-21(2)17-26(31(36)32-27(13-8-16-33)19-25-12-7-15-29(25)34)20-30(35)22(3)18-24-11-6-10-23-9-4-5-14-28(23)24/h4-6,8-11,13-14,21-22,25-27,33H,7,12,15-20H2,1-3H3,(H,32,36)/b13-8+/t22-,25-,26+,27+/m0/s1. The van der Waals surface area contributed by atoms with Gasteiger partial charge in [-0.25, -0.2) is 0 Å². The monoisotopic (exact) mass is 491 g/mol. The average molecular weight is 492 g/mol. The third-order valence-electron chi connectivity index (χ3n) is 7.30. The molecule has 2 N–H and O–H groups in total. The molecule has 3 rings (SSSR count). The number of Topliss-reactive ketones (excluding diaryl/α,β-unsaturated/α-hetero) is 2. The van der Waals surface area contributed by atoms with Crippen molar-refractivity contribution in [2.24, 2.45) is 23.7 Å². The largest absolute Gasteiger partial charge is 0.392 e. The summed E-state index contributed by atoms with van der Waals surface area (Å²) in [6.45, 7) is 5.95. The van der Waals surface area contributed by atoms with E-state index in [1.54, 1.807) is 12.2 Å². The molecular formula is C31H41NO4. The van der Waals surface area contributed by atoms with Gasteiger partial charge in [0.2, 0.25) is 5.91 Å². The second kappa shape index (κ2) is 13.5. The van der Waals surface area contributed by atoms with E-state index in [9.17, 15) is 19.5 Å². The first-order valence-electron chi connectivity index (χ1n) is 13.4. The first kappa shape index (κ1) is 27.8. The molecule has 5 nitrogen and oxygen atoms in total. The Morgan fingerprint density at radius 2 is 1.86 bits per heavy atom. The fourth-order valence-electron chi connectivity index (χ4n) is 5.37. The molecule has 194 valence electrons. The number of aliphatic hydroxyl groups is 1. The molecule has 1 saturated carbocycles. The molecule has 4 atom stereocenters. The first-order valence-corrected chi connectivity index (χ1v) is 13.4. The number of fused-ring (bicyclic) bond motifs is 1. The van der Waals surface area contributed by atoms with Gasteiger partial charge in [-0.05, 0) is 54.4 Å². The summed E-state index contributed by atoms with van der Waals surface area (Å²) in [4.78, 5) is 38.8. The maximum atomic E-state index is 13.4. The number of carbonyl (C=O) groups is 3. The van der Waals surface area contributed by atoms with Crippen LogP contribution in [0.2, 0.25) is 0 Å². The molecule has 36 heavy (non-hydrogen) atoms. The summed E-state index contributed by atoms with van der Waals surface area (Å²) in [6.07, 6.45) is 7.74. The fourth-order valence-corrected chi connectivity index (χ4v) is 5.37. The topological polar surface area (TPSA) is 83.5 Å². The number of carbonyl (C=O) groups excluding carboxylic acids is 3. The lowest BCUT2D eigenvalue weighted by Crippen LogP contribution is -2.41. The van der Waals surface area contributed by atoms with Gasteiger partial charge in [0, 0.05) is 36.6 Å². The molecule has 0 heterocycles. The maximum absolute atomic E-state index is 13.4. The summed E-state index contributed by atoms with van der Waals surface area (Å²) in [7, 11) is 0. The lowest BCUT2D eigenvalue weighted by molar-refractivity contribution is -0.131. The molecule has 0 saturated heterocycles. The van der Waals surface area contributed by atoms with Crippen molar-refractivity contribution < 1.29 is 19.5 Å². The van der Waals surface area contributed by atoms with Gasteiger partial charge in [-0.3, -0.25) is 14.4 Å². The van der Waals surface area contributed by atoms with Gasteiger partial charge in [-0.2, -0.15) is 0 Å². The zero-order chi connectivity index (χ0) is 26.1. The van der Waals surface area contributed by atoms with Crippen molar-refractivity contribution in [3.63, 3.8) is 0 Å². The number of nitrogens with one attached hydrogen (secondary N) is 1. The van der Waals surface area contributed by atoms with E-state index < -0.39 is 5.92 Å². The van der Waals surface area contributed by atoms with Crippen LogP contribution in [-0.2, 0) is 20.8 Å². The van der Waals surface area contributed by atoms with Crippen molar-refractivity contribution in [3.05, 3.63) is 60.2 Å². The molecule has 0 spiro atoms. The normalized spacial score (nSPS) is 18.6. The summed E-state index contributed by atoms with van der Waals surface area (Å²) >= 11 is 0. The molecule has 0 unspecified atom stereocenters. The smallest absolute Gasteiger partial charge is 0.224 e. The van der Waals surface area contributed by atoms with E-state index in [0.717, 1.165) is 29.2 Å². The highest BCUT2D eigenvalue weighted by Crippen LogP contribution is 2.27. The minimum Gasteiger partial charge on any atom is -0.392 e. The van der Waals surface area contributed by atoms with Crippen LogP contribution in [0, 0.1) is 23.7 Å². The van der Waals surface area contributed by atoms with Crippen LogP contribution in [0.15, 0.2) is 54.6 Å². The molecular weight excluding hydrogens is 450 g/mol. The molecule has 1 aliphatic rings. The number of ketones is 2. The van der Waals surface area contributed by atoms with Crippen LogP contribution >= 0.6 is 0 Å². The third kappa shape index (κ3) is 7.86. The highest BCUT2D eigenvalue weighted by Gasteiger charge is 2.30. The van der Waals surface area contributed by atoms with Gasteiger partial charge in [-0.15, -0.1) is 0 Å². The number of rotatable bonds is 13. The van der Waals surface area contributed by atoms with Crippen molar-refractivity contribution in [1.82, 2.24) is 5.32 Å². The Kier molecular flexibility index (Phi) is 10.4. The molecule has 1 fully saturated rings. The van der Waals surface area contributed by atoms with E-state index in [1.807, 2.05) is 25.1 Å². The SMILES string of the molecule is CC(C)C[C@H](CC(=O)[C@@H](C)Cc1cccc2ccccc12)C(=O)N[C@H](/C=C/CO)C[C@@H]1CCCC1=O. The van der Waals surface area contributed by atoms with Gasteiger partial charge in [0.25, 0.3) is 0 Å². The number of benzene rings is 2. The molecule has 0 radical (unpaired) electrons. The van der Waals surface area contributed by atoms with Gasteiger partial charge >= 0.3 is 0 Å². The van der Waals surface area contributed by atoms with Crippen LogP contribution in [0.1, 0.15) is 64.9 Å². The number of hydrogen-bond acceptors (Lipinski definition) is 4. The number of hydrogen-bond donors (Lipinski definition) is 2. The van der Waals surface area contributed by atoms with Gasteiger partial charge < -0.3 is 10.4 Å². The Morgan fingerprint density at radius 3 is 2.56 bits per heavy atom. The van der Waals surface area contributed by atoms with Gasteiger partial charge in [0.05, 0.1) is 6.61 Å². The summed E-state index contributed by atoms with van der Waals surface area (Å²) in [5, 5.41) is 14.7. The summed E-state index contributed by atoms with van der Waals surface area (Å²) in [6, 6.07) is 14.1. The van der Waals surface area contributed by atoms with Crippen LogP contribution in [-0.4, -0.2) is 35.2 Å². The quantitative estimate of drug-likeness (QED) is 0.366. The molecule has 0 aromatic heterocycles. The lowest BCUT2D eigenvalue weighted by atomic mass is 9.85. The lowest BCUT2D eigenvalue weighted by Gasteiger charge is -2.24. The van der Waals surface area contributed by atoms with Crippen molar-refractivity contribution in [2.75, 3.05) is 6.61 Å². The van der Waals surface area contributed by atoms with Crippen LogP contribution < -0.4 is 5.32 Å². The summed E-state index contributed by atoms with van der Waals surface area (Å²) < 4.78 is 0. The predicted octanol–water partition coefficient (Wildman–Crippen LogP) is 5.43. The van der Waals surface area contributed by atoms with E-state index in [0.29, 0.717) is 25.7 Å². The maximum Gasteiger partial charge on any atom is 0.224 e. The second-order valence-electron chi connectivity index (χ2n) is 10.8. The zero-order valence-corrected chi connectivity index (χ0v) is 21.9. The molecule has 1 aliphatic carbocycles. The Hall–Kier alpha value is -2.79. The van der Waals surface area contributed by atoms with Crippen molar-refractivity contribution in [3.8, 4) is 0 Å². The minimum atomic E-state index is -0.420. The molecule has 2 aromatic rings. The van der Waals surface area contributed by atoms with E-state index in [4.69, 9.17) is 0 Å². The minimum absolute atomic E-state index is 0.0514. The van der Waals surface area contributed by atoms with Gasteiger partial charge in [0.1, 0.15) is 11.6 Å². The van der Waals surface area contributed by atoms with E-state index in [1.165, 1.54) is 0 Å². The van der Waals surface area contributed by atoms with Crippen LogP contribution in [0.25, 0.3) is 10.8 Å². The first-order chi connectivity index (χ1) is 17.3. The molecule has 2 aromatic carbocycles. The highest BCUT2D eigenvalue weighted by atomic mass is 16.2. The zero-order valence-electron chi connectivity index (χ0n) is 21.9. The summed E-state index contributed by atoms with van der Waals surface area (Å²) in [5.74, 6) is -0.196. The molecule has 5 heteroatoms. The molecule has 1 amide bonds. The Bertz CT molecular complexity index is 1070. The Balaban J connectivity index is 1.67. The van der Waals surface area contributed by atoms with Crippen LogP contribution in [0.3, 0.4) is 0 Å². The highest BCUT2D eigenvalue weighted by molar-refractivity contribution is 5.90. The average Bonchev–Trinajstić information content (AvgIpc) is 3.25. The second-order valence-corrected chi connectivity index (χ2v) is 10.8. The van der Waals surface area contributed by atoms with Gasteiger partial charge in [0.15, 0.2) is 0 Å².